The number of hydrogen-bond acceptors (Lipinski definition) is 4. The first-order valence-corrected chi connectivity index (χ1v) is 7.99. The summed E-state index contributed by atoms with van der Waals surface area (Å²) in [5.41, 5.74) is 0. The van der Waals surface area contributed by atoms with Crippen LogP contribution in [0, 0.1) is 11.7 Å². The summed E-state index contributed by atoms with van der Waals surface area (Å²) in [7, 11) is 2.18. The van der Waals surface area contributed by atoms with Crippen LogP contribution < -0.4 is 4.90 Å². The monoisotopic (exact) mass is 292 g/mol. The average molecular weight is 292 g/mol. The molecule has 2 saturated heterocycles. The molecule has 0 amide bonds. The Labute approximate surface area is 126 Å². The van der Waals surface area contributed by atoms with Gasteiger partial charge in [-0.05, 0) is 37.9 Å². The molecule has 4 nitrogen and oxygen atoms in total. The summed E-state index contributed by atoms with van der Waals surface area (Å²) in [5.74, 6) is 0.960. The van der Waals surface area contributed by atoms with Crippen molar-refractivity contribution in [3.05, 3.63) is 24.1 Å². The molecular weight excluding hydrogens is 267 g/mol. The van der Waals surface area contributed by atoms with E-state index in [9.17, 15) is 4.39 Å². The summed E-state index contributed by atoms with van der Waals surface area (Å²) in [6.07, 6.45) is 4.06. The minimum Gasteiger partial charge on any atom is -0.354 e. The van der Waals surface area contributed by atoms with E-state index >= 15 is 0 Å². The number of anilines is 1. The largest absolute Gasteiger partial charge is 0.354 e. The fourth-order valence-electron chi connectivity index (χ4n) is 3.41. The van der Waals surface area contributed by atoms with Gasteiger partial charge in [-0.2, -0.15) is 0 Å². The number of pyridine rings is 1. The third kappa shape index (κ3) is 3.71. The molecule has 2 fully saturated rings. The van der Waals surface area contributed by atoms with Gasteiger partial charge >= 0.3 is 0 Å². The Morgan fingerprint density at radius 1 is 1.24 bits per heavy atom. The van der Waals surface area contributed by atoms with Gasteiger partial charge in [0.1, 0.15) is 0 Å². The van der Waals surface area contributed by atoms with Crippen molar-refractivity contribution in [2.75, 3.05) is 57.8 Å². The van der Waals surface area contributed by atoms with Gasteiger partial charge in [-0.1, -0.05) is 0 Å². The molecule has 0 spiro atoms. The van der Waals surface area contributed by atoms with E-state index < -0.39 is 0 Å². The first-order valence-electron chi connectivity index (χ1n) is 7.99. The lowest BCUT2D eigenvalue weighted by Gasteiger charge is -2.38. The number of hydrogen-bond donors (Lipinski definition) is 0. The third-order valence-electron chi connectivity index (χ3n) is 4.67. The molecule has 0 aliphatic carbocycles. The van der Waals surface area contributed by atoms with Gasteiger partial charge in [-0.3, -0.25) is 0 Å². The molecular formula is C16H25FN4. The lowest BCUT2D eigenvalue weighted by molar-refractivity contribution is 0.131. The van der Waals surface area contributed by atoms with Crippen molar-refractivity contribution in [2.45, 2.75) is 12.8 Å². The third-order valence-corrected chi connectivity index (χ3v) is 4.67. The average Bonchev–Trinajstić information content (AvgIpc) is 2.50. The maximum Gasteiger partial charge on any atom is 0.165 e. The SMILES string of the molecule is CN1CCN(C[C@@H]2CCCN(c3ncccc3F)C2)CC1. The molecule has 0 saturated carbocycles. The van der Waals surface area contributed by atoms with Crippen LogP contribution in [0.3, 0.4) is 0 Å². The number of rotatable bonds is 3. The fourth-order valence-corrected chi connectivity index (χ4v) is 3.41. The lowest BCUT2D eigenvalue weighted by atomic mass is 9.97. The molecule has 3 heterocycles. The van der Waals surface area contributed by atoms with Crippen LogP contribution in [-0.2, 0) is 0 Å². The number of piperidine rings is 1. The maximum absolute atomic E-state index is 13.9. The second kappa shape index (κ2) is 6.71. The molecule has 2 aliphatic rings. The topological polar surface area (TPSA) is 22.6 Å². The first-order chi connectivity index (χ1) is 10.2. The quantitative estimate of drug-likeness (QED) is 0.845. The van der Waals surface area contributed by atoms with E-state index in [0.717, 1.165) is 52.2 Å². The minimum absolute atomic E-state index is 0.197. The van der Waals surface area contributed by atoms with E-state index in [-0.39, 0.29) is 5.82 Å². The molecule has 1 aromatic rings. The maximum atomic E-state index is 13.9. The molecule has 1 aromatic heterocycles. The predicted molar refractivity (Wildman–Crippen MR) is 83.1 cm³/mol. The van der Waals surface area contributed by atoms with Gasteiger partial charge in [0.05, 0.1) is 0 Å². The Kier molecular flexibility index (Phi) is 4.70. The fraction of sp³-hybridized carbons (Fsp3) is 0.688. The van der Waals surface area contributed by atoms with Crippen molar-refractivity contribution in [1.29, 1.82) is 0 Å². The highest BCUT2D eigenvalue weighted by molar-refractivity contribution is 5.40. The molecule has 0 aromatic carbocycles. The molecule has 5 heteroatoms. The molecule has 1 atom stereocenters. The van der Waals surface area contributed by atoms with Crippen LogP contribution in [0.4, 0.5) is 10.2 Å². The summed E-state index contributed by atoms with van der Waals surface area (Å²) in [4.78, 5) is 11.3. The number of halogens is 1. The van der Waals surface area contributed by atoms with E-state index in [4.69, 9.17) is 0 Å². The highest BCUT2D eigenvalue weighted by Gasteiger charge is 2.25. The number of piperazine rings is 1. The zero-order chi connectivity index (χ0) is 14.7. The van der Waals surface area contributed by atoms with E-state index in [1.165, 1.54) is 12.5 Å². The first kappa shape index (κ1) is 14.7. The van der Waals surface area contributed by atoms with E-state index in [1.807, 2.05) is 0 Å². The molecule has 0 radical (unpaired) electrons. The standard InChI is InChI=1S/C16H25FN4/c1-19-8-10-20(11-9-19)12-14-4-3-7-21(13-14)16-15(17)5-2-6-18-16/h2,5-6,14H,3-4,7-13H2,1H3/t14-/m0/s1. The van der Waals surface area contributed by atoms with Crippen molar-refractivity contribution in [1.82, 2.24) is 14.8 Å². The van der Waals surface area contributed by atoms with Crippen molar-refractivity contribution in [2.24, 2.45) is 5.92 Å². The molecule has 0 bridgehead atoms. The molecule has 21 heavy (non-hydrogen) atoms. The van der Waals surface area contributed by atoms with Crippen LogP contribution >= 0.6 is 0 Å². The predicted octanol–water partition coefficient (Wildman–Crippen LogP) is 1.68. The highest BCUT2D eigenvalue weighted by Crippen LogP contribution is 2.24. The molecule has 116 valence electrons. The number of aromatic nitrogens is 1. The minimum atomic E-state index is -0.197. The second-order valence-corrected chi connectivity index (χ2v) is 6.37. The molecule has 3 rings (SSSR count). The van der Waals surface area contributed by atoms with Crippen LogP contribution in [0.5, 0.6) is 0 Å². The highest BCUT2D eigenvalue weighted by atomic mass is 19.1. The Morgan fingerprint density at radius 2 is 2.05 bits per heavy atom. The van der Waals surface area contributed by atoms with Gasteiger partial charge in [0.25, 0.3) is 0 Å². The van der Waals surface area contributed by atoms with Crippen molar-refractivity contribution in [3.63, 3.8) is 0 Å². The Morgan fingerprint density at radius 3 is 2.81 bits per heavy atom. The van der Waals surface area contributed by atoms with Crippen molar-refractivity contribution in [3.8, 4) is 0 Å². The summed E-state index contributed by atoms with van der Waals surface area (Å²) < 4.78 is 13.9. The van der Waals surface area contributed by atoms with E-state index in [2.05, 4.69) is 26.7 Å². The van der Waals surface area contributed by atoms with Gasteiger partial charge < -0.3 is 14.7 Å². The molecule has 2 aliphatic heterocycles. The summed E-state index contributed by atoms with van der Waals surface area (Å²) >= 11 is 0. The van der Waals surface area contributed by atoms with Gasteiger partial charge in [-0.25, -0.2) is 9.37 Å². The van der Waals surface area contributed by atoms with Gasteiger partial charge in [0, 0.05) is 52.0 Å². The van der Waals surface area contributed by atoms with Crippen LogP contribution in [0.2, 0.25) is 0 Å². The van der Waals surface area contributed by atoms with Crippen LogP contribution in [-0.4, -0.2) is 67.6 Å². The Balaban J connectivity index is 1.57. The van der Waals surface area contributed by atoms with Crippen LogP contribution in [0.25, 0.3) is 0 Å². The number of nitrogens with zero attached hydrogens (tertiary/aromatic N) is 4. The van der Waals surface area contributed by atoms with Crippen molar-refractivity contribution < 1.29 is 4.39 Å². The van der Waals surface area contributed by atoms with Gasteiger partial charge in [-0.15, -0.1) is 0 Å². The Hall–Kier alpha value is -1.20. The molecule has 0 N–H and O–H groups in total. The van der Waals surface area contributed by atoms with Gasteiger partial charge in [0.15, 0.2) is 11.6 Å². The normalized spacial score (nSPS) is 25.2. The number of likely N-dealkylation sites (N-methyl/N-ethyl adjacent to an activating group) is 1. The molecule has 0 unspecified atom stereocenters. The van der Waals surface area contributed by atoms with E-state index in [0.29, 0.717) is 11.7 Å². The van der Waals surface area contributed by atoms with Crippen LogP contribution in [0.1, 0.15) is 12.8 Å². The second-order valence-electron chi connectivity index (χ2n) is 6.37. The zero-order valence-corrected chi connectivity index (χ0v) is 12.8. The lowest BCUT2D eigenvalue weighted by Crippen LogP contribution is -2.48. The van der Waals surface area contributed by atoms with E-state index in [1.54, 1.807) is 12.3 Å². The van der Waals surface area contributed by atoms with Gasteiger partial charge in [0.2, 0.25) is 0 Å². The summed E-state index contributed by atoms with van der Waals surface area (Å²) in [6.45, 7) is 7.62. The summed E-state index contributed by atoms with van der Waals surface area (Å²) in [5, 5.41) is 0. The summed E-state index contributed by atoms with van der Waals surface area (Å²) in [6, 6.07) is 3.16. The smallest absolute Gasteiger partial charge is 0.165 e. The van der Waals surface area contributed by atoms with Crippen LogP contribution in [0.15, 0.2) is 18.3 Å². The zero-order valence-electron chi connectivity index (χ0n) is 12.8. The Bertz CT molecular complexity index is 459. The van der Waals surface area contributed by atoms with Crippen molar-refractivity contribution >= 4 is 5.82 Å².